The second-order valence-corrected chi connectivity index (χ2v) is 8.30. The van der Waals surface area contributed by atoms with Gasteiger partial charge in [-0.25, -0.2) is 0 Å². The molecule has 2 aromatic carbocycles. The number of amides is 1. The maximum Gasteiger partial charge on any atom is 0.274 e. The Balaban J connectivity index is 1.56. The first-order chi connectivity index (χ1) is 14.4. The second kappa shape index (κ2) is 8.44. The molecule has 1 atom stereocenters. The van der Waals surface area contributed by atoms with Crippen molar-refractivity contribution in [3.63, 3.8) is 0 Å². The van der Waals surface area contributed by atoms with Gasteiger partial charge in [0.2, 0.25) is 0 Å². The Morgan fingerprint density at radius 2 is 1.63 bits per heavy atom. The molecule has 1 fully saturated rings. The zero-order valence-electron chi connectivity index (χ0n) is 18.3. The standard InChI is InChI=1S/C25H30N4O/c1-18-10-11-19(2)22(16-18)24(21-8-6-5-7-9-21)28-12-14-29(15-13-28)25(30)23-17-20(3)27(4)26-23/h5-11,16-17,24H,12-15H2,1-4H3/t24-/m1/s1. The van der Waals surface area contributed by atoms with Crippen molar-refractivity contribution in [3.8, 4) is 0 Å². The molecule has 5 nitrogen and oxygen atoms in total. The number of rotatable bonds is 4. The van der Waals surface area contributed by atoms with Crippen molar-refractivity contribution in [2.24, 2.45) is 7.05 Å². The SMILES string of the molecule is Cc1ccc(C)c([C@@H](c2ccccc2)N2CCN(C(=O)c3cc(C)n(C)n3)CC2)c1. The van der Waals surface area contributed by atoms with Crippen molar-refractivity contribution < 1.29 is 4.79 Å². The van der Waals surface area contributed by atoms with Gasteiger partial charge in [-0.2, -0.15) is 5.10 Å². The van der Waals surface area contributed by atoms with Crippen molar-refractivity contribution in [1.29, 1.82) is 0 Å². The molecule has 1 aromatic heterocycles. The van der Waals surface area contributed by atoms with Gasteiger partial charge in [-0.3, -0.25) is 14.4 Å². The first-order valence-electron chi connectivity index (χ1n) is 10.6. The van der Waals surface area contributed by atoms with Crippen LogP contribution in [0.15, 0.2) is 54.6 Å². The van der Waals surface area contributed by atoms with E-state index in [2.05, 4.69) is 72.4 Å². The summed E-state index contributed by atoms with van der Waals surface area (Å²) in [5.41, 5.74) is 6.76. The van der Waals surface area contributed by atoms with E-state index in [1.165, 1.54) is 22.3 Å². The normalized spacial score (nSPS) is 15.9. The lowest BCUT2D eigenvalue weighted by molar-refractivity contribution is 0.0590. The van der Waals surface area contributed by atoms with E-state index in [4.69, 9.17) is 0 Å². The Bertz CT molecular complexity index is 1010. The number of benzene rings is 2. The van der Waals surface area contributed by atoms with Crippen LogP contribution in [0.3, 0.4) is 0 Å². The molecule has 5 heteroatoms. The molecule has 0 N–H and O–H groups in total. The fourth-order valence-electron chi connectivity index (χ4n) is 4.29. The highest BCUT2D eigenvalue weighted by molar-refractivity contribution is 5.92. The molecule has 2 heterocycles. The number of nitrogens with zero attached hydrogens (tertiary/aromatic N) is 4. The number of aryl methyl sites for hydroxylation is 4. The first kappa shape index (κ1) is 20.4. The van der Waals surface area contributed by atoms with Crippen LogP contribution in [0.25, 0.3) is 0 Å². The zero-order valence-corrected chi connectivity index (χ0v) is 18.3. The molecule has 1 aliphatic rings. The van der Waals surface area contributed by atoms with Gasteiger partial charge in [0, 0.05) is 38.9 Å². The van der Waals surface area contributed by atoms with Crippen LogP contribution < -0.4 is 0 Å². The van der Waals surface area contributed by atoms with Crippen LogP contribution in [0, 0.1) is 20.8 Å². The van der Waals surface area contributed by atoms with Crippen LogP contribution in [0.5, 0.6) is 0 Å². The lowest BCUT2D eigenvalue weighted by Crippen LogP contribution is -2.50. The summed E-state index contributed by atoms with van der Waals surface area (Å²) in [6.07, 6.45) is 0. The third-order valence-electron chi connectivity index (χ3n) is 6.14. The molecule has 0 saturated carbocycles. The average Bonchev–Trinajstić information content (AvgIpc) is 3.10. The Hall–Kier alpha value is -2.92. The predicted octanol–water partition coefficient (Wildman–Crippen LogP) is 3.89. The summed E-state index contributed by atoms with van der Waals surface area (Å²) in [4.78, 5) is 17.4. The number of hydrogen-bond donors (Lipinski definition) is 0. The van der Waals surface area contributed by atoms with E-state index in [1.807, 2.05) is 24.9 Å². The molecule has 0 spiro atoms. The van der Waals surface area contributed by atoms with Crippen molar-refractivity contribution >= 4 is 5.91 Å². The maximum absolute atomic E-state index is 12.9. The van der Waals surface area contributed by atoms with Crippen LogP contribution in [-0.2, 0) is 7.05 Å². The summed E-state index contributed by atoms with van der Waals surface area (Å²) in [7, 11) is 1.87. The molecule has 1 amide bonds. The molecular formula is C25H30N4O. The number of hydrogen-bond acceptors (Lipinski definition) is 3. The Labute approximate surface area is 178 Å². The van der Waals surface area contributed by atoms with Gasteiger partial charge >= 0.3 is 0 Å². The van der Waals surface area contributed by atoms with Gasteiger partial charge in [0.05, 0.1) is 6.04 Å². The number of carbonyl (C=O) groups is 1. The summed E-state index contributed by atoms with van der Waals surface area (Å²) in [6.45, 7) is 9.40. The van der Waals surface area contributed by atoms with Gasteiger partial charge in [0.15, 0.2) is 5.69 Å². The highest BCUT2D eigenvalue weighted by atomic mass is 16.2. The molecule has 1 aliphatic heterocycles. The highest BCUT2D eigenvalue weighted by Gasteiger charge is 2.30. The summed E-state index contributed by atoms with van der Waals surface area (Å²) >= 11 is 0. The minimum absolute atomic E-state index is 0.0290. The van der Waals surface area contributed by atoms with Gasteiger partial charge in [0.1, 0.15) is 0 Å². The zero-order chi connectivity index (χ0) is 21.3. The Morgan fingerprint density at radius 1 is 0.933 bits per heavy atom. The van der Waals surface area contributed by atoms with Gasteiger partial charge in [-0.15, -0.1) is 0 Å². The topological polar surface area (TPSA) is 41.4 Å². The van der Waals surface area contributed by atoms with Gasteiger partial charge < -0.3 is 4.90 Å². The van der Waals surface area contributed by atoms with Crippen LogP contribution in [0.4, 0.5) is 0 Å². The van der Waals surface area contributed by atoms with Crippen molar-refractivity contribution in [1.82, 2.24) is 19.6 Å². The molecule has 0 unspecified atom stereocenters. The van der Waals surface area contributed by atoms with E-state index in [0.29, 0.717) is 18.8 Å². The van der Waals surface area contributed by atoms with Gasteiger partial charge in [-0.05, 0) is 43.5 Å². The van der Waals surface area contributed by atoms with E-state index < -0.39 is 0 Å². The van der Waals surface area contributed by atoms with E-state index in [-0.39, 0.29) is 11.9 Å². The summed E-state index contributed by atoms with van der Waals surface area (Å²) in [5.74, 6) is 0.0290. The predicted molar refractivity (Wildman–Crippen MR) is 120 cm³/mol. The van der Waals surface area contributed by atoms with Crippen LogP contribution in [0.1, 0.15) is 44.5 Å². The lowest BCUT2D eigenvalue weighted by atomic mass is 9.92. The van der Waals surface area contributed by atoms with Crippen LogP contribution in [0.2, 0.25) is 0 Å². The fraction of sp³-hybridized carbons (Fsp3) is 0.360. The number of aromatic nitrogens is 2. The lowest BCUT2D eigenvalue weighted by Gasteiger charge is -2.40. The molecule has 4 rings (SSSR count). The van der Waals surface area contributed by atoms with E-state index >= 15 is 0 Å². The quantitative estimate of drug-likeness (QED) is 0.665. The summed E-state index contributed by atoms with van der Waals surface area (Å²) < 4.78 is 1.76. The smallest absolute Gasteiger partial charge is 0.274 e. The first-order valence-corrected chi connectivity index (χ1v) is 10.6. The van der Waals surface area contributed by atoms with E-state index in [1.54, 1.807) is 4.68 Å². The molecule has 3 aromatic rings. The molecule has 0 radical (unpaired) electrons. The minimum Gasteiger partial charge on any atom is -0.335 e. The Kier molecular flexibility index (Phi) is 5.73. The maximum atomic E-state index is 12.9. The van der Waals surface area contributed by atoms with E-state index in [9.17, 15) is 4.79 Å². The van der Waals surface area contributed by atoms with Gasteiger partial charge in [0.25, 0.3) is 5.91 Å². The van der Waals surface area contributed by atoms with E-state index in [0.717, 1.165) is 18.8 Å². The van der Waals surface area contributed by atoms with Gasteiger partial charge in [-0.1, -0.05) is 54.1 Å². The van der Waals surface area contributed by atoms with Crippen molar-refractivity contribution in [2.75, 3.05) is 26.2 Å². The molecule has 0 bridgehead atoms. The molecule has 30 heavy (non-hydrogen) atoms. The van der Waals surface area contributed by atoms with Crippen LogP contribution >= 0.6 is 0 Å². The van der Waals surface area contributed by atoms with Crippen molar-refractivity contribution in [2.45, 2.75) is 26.8 Å². The molecular weight excluding hydrogens is 372 g/mol. The molecule has 1 saturated heterocycles. The largest absolute Gasteiger partial charge is 0.335 e. The average molecular weight is 403 g/mol. The molecule has 0 aliphatic carbocycles. The minimum atomic E-state index is 0.0290. The number of carbonyl (C=O) groups excluding carboxylic acids is 1. The molecule has 156 valence electrons. The second-order valence-electron chi connectivity index (χ2n) is 8.30. The fourth-order valence-corrected chi connectivity index (χ4v) is 4.29. The Morgan fingerprint density at radius 3 is 2.27 bits per heavy atom. The summed E-state index contributed by atoms with van der Waals surface area (Å²) in [6, 6.07) is 19.5. The summed E-state index contributed by atoms with van der Waals surface area (Å²) in [5, 5.41) is 4.37. The number of piperazine rings is 1. The highest BCUT2D eigenvalue weighted by Crippen LogP contribution is 2.32. The third-order valence-corrected chi connectivity index (χ3v) is 6.14. The van der Waals surface area contributed by atoms with Crippen molar-refractivity contribution in [3.05, 3.63) is 88.2 Å². The van der Waals surface area contributed by atoms with Crippen LogP contribution in [-0.4, -0.2) is 51.7 Å². The third kappa shape index (κ3) is 4.03. The monoisotopic (exact) mass is 402 g/mol.